The Kier molecular flexibility index (Phi) is 4.33. The minimum atomic E-state index is -2.89. The first kappa shape index (κ1) is 16.7. The molecule has 0 spiro atoms. The number of hydrogen-bond acceptors (Lipinski definition) is 4. The van der Waals surface area contributed by atoms with Crippen molar-refractivity contribution < 1.29 is 13.2 Å². The molecule has 4 rings (SSSR count). The highest BCUT2D eigenvalue weighted by Crippen LogP contribution is 2.37. The summed E-state index contributed by atoms with van der Waals surface area (Å²) in [6, 6.07) is 14.4. The van der Waals surface area contributed by atoms with Crippen molar-refractivity contribution in [2.45, 2.75) is 18.1 Å². The van der Waals surface area contributed by atoms with Crippen LogP contribution in [0.25, 0.3) is 11.1 Å². The topological polar surface area (TPSA) is 63.2 Å². The average molecular weight is 373 g/mol. The molecule has 1 fully saturated rings. The quantitative estimate of drug-likeness (QED) is 0.763. The Hall–Kier alpha value is -1.79. The highest BCUT2D eigenvalue weighted by Gasteiger charge is 2.28. The number of sulfone groups is 1. The van der Waals surface area contributed by atoms with Crippen molar-refractivity contribution in [2.24, 2.45) is 0 Å². The van der Waals surface area contributed by atoms with E-state index in [-0.39, 0.29) is 28.4 Å². The summed E-state index contributed by atoms with van der Waals surface area (Å²) in [4.78, 5) is 12.2. The average Bonchev–Trinajstić information content (AvgIpc) is 3.12. The Morgan fingerprint density at radius 3 is 2.72 bits per heavy atom. The van der Waals surface area contributed by atoms with Crippen LogP contribution in [-0.2, 0) is 21.1 Å². The Labute approximate surface area is 151 Å². The van der Waals surface area contributed by atoms with Crippen LogP contribution in [0.15, 0.2) is 42.5 Å². The number of benzene rings is 2. The molecule has 1 N–H and O–H groups in total. The number of carbonyl (C=O) groups is 1. The monoisotopic (exact) mass is 373 g/mol. The lowest BCUT2D eigenvalue weighted by molar-refractivity contribution is -0.113. The van der Waals surface area contributed by atoms with Gasteiger partial charge in [-0.1, -0.05) is 30.3 Å². The minimum absolute atomic E-state index is 0.0441. The third kappa shape index (κ3) is 3.60. The van der Waals surface area contributed by atoms with Gasteiger partial charge in [-0.25, -0.2) is 8.42 Å². The van der Waals surface area contributed by atoms with Gasteiger partial charge in [-0.3, -0.25) is 4.79 Å². The third-order valence-electron chi connectivity index (χ3n) is 4.72. The van der Waals surface area contributed by atoms with E-state index >= 15 is 0 Å². The summed E-state index contributed by atoms with van der Waals surface area (Å²) >= 11 is 1.44. The normalized spacial score (nSPS) is 20.1. The van der Waals surface area contributed by atoms with Crippen LogP contribution in [0.2, 0.25) is 0 Å². The van der Waals surface area contributed by atoms with Crippen molar-refractivity contribution in [1.29, 1.82) is 0 Å². The van der Waals surface area contributed by atoms with Gasteiger partial charge in [-0.2, -0.15) is 0 Å². The minimum Gasteiger partial charge on any atom is -0.325 e. The van der Waals surface area contributed by atoms with Gasteiger partial charge in [0.1, 0.15) is 0 Å². The molecule has 130 valence electrons. The fourth-order valence-corrected chi connectivity index (χ4v) is 6.93. The molecule has 2 aromatic carbocycles. The van der Waals surface area contributed by atoms with Crippen LogP contribution in [0.5, 0.6) is 0 Å². The number of thioether (sulfide) groups is 1. The summed E-state index contributed by atoms with van der Waals surface area (Å²) in [5.41, 5.74) is 5.81. The summed E-state index contributed by atoms with van der Waals surface area (Å²) < 4.78 is 22.9. The highest BCUT2D eigenvalue weighted by molar-refractivity contribution is 8.02. The fourth-order valence-electron chi connectivity index (χ4n) is 3.48. The van der Waals surface area contributed by atoms with Crippen molar-refractivity contribution in [2.75, 3.05) is 22.6 Å². The molecule has 1 saturated heterocycles. The van der Waals surface area contributed by atoms with E-state index < -0.39 is 9.84 Å². The predicted molar refractivity (Wildman–Crippen MR) is 103 cm³/mol. The molecule has 2 aliphatic rings. The van der Waals surface area contributed by atoms with E-state index in [9.17, 15) is 13.2 Å². The maximum atomic E-state index is 12.2. The lowest BCUT2D eigenvalue weighted by Gasteiger charge is -2.10. The van der Waals surface area contributed by atoms with Gasteiger partial charge >= 0.3 is 0 Å². The van der Waals surface area contributed by atoms with E-state index in [1.165, 1.54) is 34.0 Å². The van der Waals surface area contributed by atoms with Crippen molar-refractivity contribution in [3.05, 3.63) is 53.6 Å². The highest BCUT2D eigenvalue weighted by atomic mass is 32.2. The van der Waals surface area contributed by atoms with Gasteiger partial charge < -0.3 is 5.32 Å². The molecule has 6 heteroatoms. The van der Waals surface area contributed by atoms with E-state index in [0.717, 1.165) is 12.1 Å². The molecule has 0 bridgehead atoms. The molecule has 0 aromatic heterocycles. The lowest BCUT2D eigenvalue weighted by atomic mass is 10.1. The number of hydrogen-bond donors (Lipinski definition) is 1. The standard InChI is InChI=1S/C19H19NO3S2/c21-19(11-24-16-7-8-25(22,23)12-16)20-15-6-5-14-9-13-3-1-2-4-17(13)18(14)10-15/h1-6,10,16H,7-9,11-12H2,(H,20,21)/t16-/m1/s1. The summed E-state index contributed by atoms with van der Waals surface area (Å²) in [7, 11) is -2.89. The molecule has 25 heavy (non-hydrogen) atoms. The smallest absolute Gasteiger partial charge is 0.234 e. The second kappa shape index (κ2) is 6.50. The second-order valence-electron chi connectivity index (χ2n) is 6.59. The van der Waals surface area contributed by atoms with E-state index in [0.29, 0.717) is 6.42 Å². The van der Waals surface area contributed by atoms with Crippen LogP contribution < -0.4 is 5.32 Å². The van der Waals surface area contributed by atoms with Gasteiger partial charge in [0, 0.05) is 10.9 Å². The van der Waals surface area contributed by atoms with Crippen molar-refractivity contribution >= 4 is 33.2 Å². The van der Waals surface area contributed by atoms with Crippen LogP contribution in [0.4, 0.5) is 5.69 Å². The largest absolute Gasteiger partial charge is 0.325 e. The van der Waals surface area contributed by atoms with Crippen LogP contribution >= 0.6 is 11.8 Å². The predicted octanol–water partition coefficient (Wildman–Crippen LogP) is 3.12. The Morgan fingerprint density at radius 1 is 1.12 bits per heavy atom. The first-order valence-electron chi connectivity index (χ1n) is 8.33. The third-order valence-corrected chi connectivity index (χ3v) is 8.00. The molecule has 0 unspecified atom stereocenters. The van der Waals surface area contributed by atoms with E-state index in [2.05, 4.69) is 23.5 Å². The van der Waals surface area contributed by atoms with Crippen LogP contribution in [0.1, 0.15) is 17.5 Å². The van der Waals surface area contributed by atoms with Crippen LogP contribution in [0.3, 0.4) is 0 Å². The number of nitrogens with one attached hydrogen (secondary N) is 1. The number of anilines is 1. The number of fused-ring (bicyclic) bond motifs is 3. The molecule has 1 atom stereocenters. The molecular formula is C19H19NO3S2. The fraction of sp³-hybridized carbons (Fsp3) is 0.316. The molecule has 0 saturated carbocycles. The van der Waals surface area contributed by atoms with E-state index in [1.54, 1.807) is 0 Å². The van der Waals surface area contributed by atoms with Gasteiger partial charge in [0.05, 0.1) is 17.3 Å². The number of amides is 1. The SMILES string of the molecule is O=C(CS[C@@H]1CCS(=O)(=O)C1)Nc1ccc2c(c1)-c1ccccc1C2. The molecule has 1 aliphatic carbocycles. The number of rotatable bonds is 4. The van der Waals surface area contributed by atoms with Crippen molar-refractivity contribution in [1.82, 2.24) is 0 Å². The Morgan fingerprint density at radius 2 is 1.92 bits per heavy atom. The van der Waals surface area contributed by atoms with Gasteiger partial charge in [0.2, 0.25) is 5.91 Å². The summed E-state index contributed by atoms with van der Waals surface area (Å²) in [6.07, 6.45) is 1.58. The van der Waals surface area contributed by atoms with E-state index in [4.69, 9.17) is 0 Å². The zero-order valence-corrected chi connectivity index (χ0v) is 15.3. The number of carbonyl (C=O) groups excluding carboxylic acids is 1. The second-order valence-corrected chi connectivity index (χ2v) is 10.1. The van der Waals surface area contributed by atoms with Gasteiger partial charge in [-0.05, 0) is 47.2 Å². The van der Waals surface area contributed by atoms with Gasteiger partial charge in [0.15, 0.2) is 9.84 Å². The molecule has 1 heterocycles. The van der Waals surface area contributed by atoms with Crippen molar-refractivity contribution in [3.8, 4) is 11.1 Å². The lowest BCUT2D eigenvalue weighted by Crippen LogP contribution is -2.17. The molecule has 1 amide bonds. The maximum Gasteiger partial charge on any atom is 0.234 e. The maximum absolute atomic E-state index is 12.2. The van der Waals surface area contributed by atoms with Gasteiger partial charge in [-0.15, -0.1) is 11.8 Å². The Bertz CT molecular complexity index is 937. The first-order valence-corrected chi connectivity index (χ1v) is 11.2. The summed E-state index contributed by atoms with van der Waals surface area (Å²) in [5.74, 6) is 0.644. The summed E-state index contributed by atoms with van der Waals surface area (Å²) in [5, 5.41) is 2.98. The van der Waals surface area contributed by atoms with E-state index in [1.807, 2.05) is 24.3 Å². The molecule has 4 nitrogen and oxygen atoms in total. The molecular weight excluding hydrogens is 354 g/mol. The zero-order valence-electron chi connectivity index (χ0n) is 13.7. The van der Waals surface area contributed by atoms with Crippen LogP contribution in [-0.4, -0.2) is 36.8 Å². The zero-order chi connectivity index (χ0) is 17.4. The van der Waals surface area contributed by atoms with Gasteiger partial charge in [0.25, 0.3) is 0 Å². The molecule has 2 aromatic rings. The molecule has 0 radical (unpaired) electrons. The van der Waals surface area contributed by atoms with Crippen molar-refractivity contribution in [3.63, 3.8) is 0 Å². The first-order chi connectivity index (χ1) is 12.0. The summed E-state index contributed by atoms with van der Waals surface area (Å²) in [6.45, 7) is 0. The Balaban J connectivity index is 1.40. The van der Waals surface area contributed by atoms with Crippen LogP contribution in [0, 0.1) is 0 Å². The molecule has 1 aliphatic heterocycles.